The molecule has 38 heavy (non-hydrogen) atoms. The maximum atomic E-state index is 15.2. The van der Waals surface area contributed by atoms with Crippen LogP contribution in [0, 0.1) is 5.41 Å². The number of rotatable bonds is 7. The molecule has 0 spiro atoms. The summed E-state index contributed by atoms with van der Waals surface area (Å²) in [5.41, 5.74) is 2.85. The molecule has 0 bridgehead atoms. The fourth-order valence-electron chi connectivity index (χ4n) is 6.92. The van der Waals surface area contributed by atoms with Crippen LogP contribution in [0.2, 0.25) is 5.02 Å². The second kappa shape index (κ2) is 11.2. The highest BCUT2D eigenvalue weighted by Gasteiger charge is 2.63. The van der Waals surface area contributed by atoms with Crippen LogP contribution in [-0.4, -0.2) is 42.5 Å². The highest BCUT2D eigenvalue weighted by Crippen LogP contribution is 2.58. The average molecular weight is 528 g/mol. The van der Waals surface area contributed by atoms with Crippen molar-refractivity contribution < 1.29 is 9.53 Å². The molecule has 198 valence electrons. The Bertz CT molecular complexity index is 1280. The van der Waals surface area contributed by atoms with Crippen molar-refractivity contribution in [1.29, 1.82) is 0 Å². The molecule has 3 aromatic rings. The van der Waals surface area contributed by atoms with Crippen LogP contribution in [0.4, 0.5) is 0 Å². The monoisotopic (exact) mass is 527 g/mol. The van der Waals surface area contributed by atoms with E-state index in [9.17, 15) is 0 Å². The van der Waals surface area contributed by atoms with Crippen molar-refractivity contribution in [2.24, 2.45) is 5.41 Å². The largest absolute Gasteiger partial charge is 0.379 e. The van der Waals surface area contributed by atoms with E-state index in [2.05, 4.69) is 92.4 Å². The number of allylic oxidation sites excluding steroid dienone is 1. The Morgan fingerprint density at radius 1 is 0.895 bits per heavy atom. The molecule has 3 nitrogen and oxygen atoms in total. The van der Waals surface area contributed by atoms with E-state index in [1.165, 1.54) is 5.56 Å². The van der Waals surface area contributed by atoms with Gasteiger partial charge in [0, 0.05) is 40.9 Å². The molecule has 0 radical (unpaired) electrons. The first-order chi connectivity index (χ1) is 18.4. The number of halogens is 1. The molecule has 1 heterocycles. The maximum absolute atomic E-state index is 15.2. The Morgan fingerprint density at radius 2 is 1.47 bits per heavy atom. The van der Waals surface area contributed by atoms with Gasteiger partial charge < -0.3 is 4.74 Å². The summed E-state index contributed by atoms with van der Waals surface area (Å²) in [7, 11) is 0. The Hall–Kier alpha value is -2.72. The molecule has 1 saturated heterocycles. The summed E-state index contributed by atoms with van der Waals surface area (Å²) in [6.45, 7) is 9.35. The zero-order valence-electron chi connectivity index (χ0n) is 22.7. The minimum atomic E-state index is -0.844. The van der Waals surface area contributed by atoms with Crippen LogP contribution in [0.15, 0.2) is 91.0 Å². The second-order valence-corrected chi connectivity index (χ2v) is 11.5. The number of ketones is 1. The molecular weight excluding hydrogens is 490 g/mol. The van der Waals surface area contributed by atoms with E-state index in [1.54, 1.807) is 0 Å². The van der Waals surface area contributed by atoms with Crippen LogP contribution in [0.5, 0.6) is 0 Å². The SMILES string of the molecule is CCCc1ccc(C(=O)C2(N3CCOCC3)C(c3ccccc3)C=CC(c3ccccc3)C2(C)C)cc1Cl. The van der Waals surface area contributed by atoms with Crippen molar-refractivity contribution in [3.8, 4) is 0 Å². The van der Waals surface area contributed by atoms with Crippen molar-refractivity contribution in [1.82, 2.24) is 4.90 Å². The zero-order valence-corrected chi connectivity index (χ0v) is 23.5. The van der Waals surface area contributed by atoms with Gasteiger partial charge in [0.1, 0.15) is 5.54 Å². The van der Waals surface area contributed by atoms with Crippen molar-refractivity contribution >= 4 is 17.4 Å². The molecule has 0 amide bonds. The van der Waals surface area contributed by atoms with Gasteiger partial charge in [-0.3, -0.25) is 9.69 Å². The molecule has 2 aliphatic rings. The summed E-state index contributed by atoms with van der Waals surface area (Å²) in [4.78, 5) is 17.7. The quantitative estimate of drug-likeness (QED) is 0.233. The number of carbonyl (C=O) groups is 1. The van der Waals surface area contributed by atoms with Gasteiger partial charge >= 0.3 is 0 Å². The molecular formula is C34H38ClNO2. The Kier molecular flexibility index (Phi) is 7.90. The summed E-state index contributed by atoms with van der Waals surface area (Å²) in [5, 5.41) is 0.676. The van der Waals surface area contributed by atoms with Crippen LogP contribution in [0.3, 0.4) is 0 Å². The van der Waals surface area contributed by atoms with Crippen molar-refractivity contribution in [3.63, 3.8) is 0 Å². The summed E-state index contributed by atoms with van der Waals surface area (Å²) < 4.78 is 5.81. The second-order valence-electron chi connectivity index (χ2n) is 11.1. The number of hydrogen-bond acceptors (Lipinski definition) is 3. The van der Waals surface area contributed by atoms with Gasteiger partial charge in [0.05, 0.1) is 13.2 Å². The zero-order chi connectivity index (χ0) is 26.8. The molecule has 3 atom stereocenters. The predicted molar refractivity (Wildman–Crippen MR) is 156 cm³/mol. The molecule has 0 saturated carbocycles. The molecule has 1 aliphatic heterocycles. The third-order valence-electron chi connectivity index (χ3n) is 8.71. The van der Waals surface area contributed by atoms with E-state index in [1.807, 2.05) is 24.3 Å². The van der Waals surface area contributed by atoms with Crippen LogP contribution in [0.1, 0.15) is 66.1 Å². The first kappa shape index (κ1) is 26.9. The minimum Gasteiger partial charge on any atom is -0.379 e. The summed E-state index contributed by atoms with van der Waals surface area (Å²) >= 11 is 6.77. The van der Waals surface area contributed by atoms with E-state index >= 15 is 4.79 Å². The molecule has 0 N–H and O–H groups in total. The smallest absolute Gasteiger partial charge is 0.184 e. The van der Waals surface area contributed by atoms with Gasteiger partial charge in [-0.05, 0) is 29.2 Å². The number of morpholine rings is 1. The van der Waals surface area contributed by atoms with Gasteiger partial charge in [0.2, 0.25) is 0 Å². The lowest BCUT2D eigenvalue weighted by Crippen LogP contribution is -2.70. The number of aryl methyl sites for hydroxylation is 1. The van der Waals surface area contributed by atoms with Gasteiger partial charge in [-0.1, -0.05) is 124 Å². The lowest BCUT2D eigenvalue weighted by Gasteiger charge is -2.60. The van der Waals surface area contributed by atoms with E-state index in [0.717, 1.165) is 24.0 Å². The van der Waals surface area contributed by atoms with Crippen LogP contribution < -0.4 is 0 Å². The third-order valence-corrected chi connectivity index (χ3v) is 9.07. The summed E-state index contributed by atoms with van der Waals surface area (Å²) in [6, 6.07) is 27.1. The van der Waals surface area contributed by atoms with E-state index in [0.29, 0.717) is 36.9 Å². The number of carbonyl (C=O) groups excluding carboxylic acids is 1. The van der Waals surface area contributed by atoms with E-state index in [4.69, 9.17) is 16.3 Å². The first-order valence-corrected chi connectivity index (χ1v) is 14.2. The van der Waals surface area contributed by atoms with Crippen LogP contribution in [0.25, 0.3) is 0 Å². The minimum absolute atomic E-state index is 0.0605. The van der Waals surface area contributed by atoms with Crippen molar-refractivity contribution in [2.45, 2.75) is 51.0 Å². The lowest BCUT2D eigenvalue weighted by atomic mass is 9.51. The van der Waals surface area contributed by atoms with Gasteiger partial charge in [-0.15, -0.1) is 0 Å². The van der Waals surface area contributed by atoms with Crippen LogP contribution in [-0.2, 0) is 11.2 Å². The third kappa shape index (κ3) is 4.55. The summed E-state index contributed by atoms with van der Waals surface area (Å²) in [6.07, 6.45) is 6.53. The number of hydrogen-bond donors (Lipinski definition) is 0. The summed E-state index contributed by atoms with van der Waals surface area (Å²) in [5.74, 6) is 0.0668. The fraction of sp³-hybridized carbons (Fsp3) is 0.382. The first-order valence-electron chi connectivity index (χ1n) is 13.9. The standard InChI is InChI=1S/C34H38ClNO2/c1-4-11-27-16-17-28(24-31(27)35)32(37)34(36-20-22-38-23-21-36)30(26-14-9-6-10-15-26)19-18-29(33(34,2)3)25-12-7-5-8-13-25/h5-10,12-19,24,29-30H,4,11,20-23H2,1-3H3. The molecule has 5 rings (SSSR count). The topological polar surface area (TPSA) is 29.5 Å². The maximum Gasteiger partial charge on any atom is 0.184 e. The molecule has 1 fully saturated rings. The van der Waals surface area contributed by atoms with Gasteiger partial charge in [0.15, 0.2) is 5.78 Å². The number of nitrogens with zero attached hydrogens (tertiary/aromatic N) is 1. The molecule has 4 heteroatoms. The van der Waals surface area contributed by atoms with Gasteiger partial charge in [0.25, 0.3) is 0 Å². The predicted octanol–water partition coefficient (Wildman–Crippen LogP) is 7.71. The lowest BCUT2D eigenvalue weighted by molar-refractivity contribution is -0.0701. The molecule has 0 aromatic heterocycles. The molecule has 3 aromatic carbocycles. The number of benzene rings is 3. The number of ether oxygens (including phenoxy) is 1. The highest BCUT2D eigenvalue weighted by molar-refractivity contribution is 6.31. The van der Waals surface area contributed by atoms with Crippen LogP contribution >= 0.6 is 11.6 Å². The average Bonchev–Trinajstić information content (AvgIpc) is 2.95. The molecule has 1 aliphatic carbocycles. The fourth-order valence-corrected chi connectivity index (χ4v) is 7.19. The van der Waals surface area contributed by atoms with Gasteiger partial charge in [-0.2, -0.15) is 0 Å². The van der Waals surface area contributed by atoms with Gasteiger partial charge in [-0.25, -0.2) is 0 Å². The van der Waals surface area contributed by atoms with Crippen molar-refractivity contribution in [3.05, 3.63) is 118 Å². The Balaban J connectivity index is 1.76. The van der Waals surface area contributed by atoms with E-state index in [-0.39, 0.29) is 17.6 Å². The normalized spacial score (nSPS) is 25.3. The Morgan fingerprint density at radius 3 is 2.05 bits per heavy atom. The number of Topliss-reactive ketones (excluding diaryl/α,β-unsaturated/α-hetero) is 1. The highest BCUT2D eigenvalue weighted by atomic mass is 35.5. The molecule has 3 unspecified atom stereocenters. The van der Waals surface area contributed by atoms with Crippen molar-refractivity contribution in [2.75, 3.05) is 26.3 Å². The Labute approximate surface area is 232 Å². The van der Waals surface area contributed by atoms with E-state index < -0.39 is 11.0 Å².